The quantitative estimate of drug-likeness (QED) is 0.552. The molecule has 1 aromatic carbocycles. The van der Waals surface area contributed by atoms with Crippen molar-refractivity contribution in [3.05, 3.63) is 29.3 Å². The van der Waals surface area contributed by atoms with Crippen LogP contribution in [0.5, 0.6) is 5.75 Å². The monoisotopic (exact) mass is 258 g/mol. The third-order valence-corrected chi connectivity index (χ3v) is 2.84. The molecule has 1 aromatic rings. The average Bonchev–Trinajstić information content (AvgIpc) is 2.30. The van der Waals surface area contributed by atoms with E-state index in [-0.39, 0.29) is 35.1 Å². The third kappa shape index (κ3) is 5.89. The van der Waals surface area contributed by atoms with Crippen molar-refractivity contribution in [2.24, 2.45) is 0 Å². The Balaban J connectivity index is 0.00000289. The normalized spacial score (nSPS) is 9.83. The number of aryl methyl sites for hydroxylation is 1. The molecular formula is C14H19NaO3. The molecule has 18 heavy (non-hydrogen) atoms. The standard InChI is InChI=1S/C14H20O3.Na/c1-2-3-4-5-6-7-11-8-9-13(15)12(10-11)14(16)17;/h8-10,15H,2-7H2,1H3,(H,16,17);/q;+1/p-1. The van der Waals surface area contributed by atoms with Crippen molar-refractivity contribution in [2.75, 3.05) is 0 Å². The zero-order valence-electron chi connectivity index (χ0n) is 11.2. The molecule has 0 aliphatic heterocycles. The van der Waals surface area contributed by atoms with Gasteiger partial charge in [0.05, 0.1) is 5.56 Å². The van der Waals surface area contributed by atoms with Crippen LogP contribution in [0.3, 0.4) is 0 Å². The van der Waals surface area contributed by atoms with Gasteiger partial charge in [0.25, 0.3) is 0 Å². The maximum absolute atomic E-state index is 11.2. The Morgan fingerprint density at radius 1 is 1.22 bits per heavy atom. The van der Waals surface area contributed by atoms with E-state index >= 15 is 0 Å². The number of carboxylic acid groups (broad SMARTS) is 1. The molecule has 4 heteroatoms. The summed E-state index contributed by atoms with van der Waals surface area (Å²) in [5.74, 6) is -1.55. The molecule has 0 heterocycles. The summed E-state index contributed by atoms with van der Waals surface area (Å²) in [5.41, 5.74) is 0.828. The number of carbonyl (C=O) groups is 1. The summed E-state index contributed by atoms with van der Waals surface area (Å²) in [7, 11) is 0. The third-order valence-electron chi connectivity index (χ3n) is 2.84. The van der Waals surface area contributed by atoms with Gasteiger partial charge in [0, 0.05) is 0 Å². The van der Waals surface area contributed by atoms with Crippen molar-refractivity contribution in [2.45, 2.75) is 45.4 Å². The number of hydrogen-bond donors (Lipinski definition) is 1. The van der Waals surface area contributed by atoms with Gasteiger partial charge in [-0.3, -0.25) is 0 Å². The summed E-state index contributed by atoms with van der Waals surface area (Å²) in [6.07, 6.45) is 6.76. The molecule has 0 amide bonds. The summed E-state index contributed by atoms with van der Waals surface area (Å²) in [6.45, 7) is 2.17. The fourth-order valence-electron chi connectivity index (χ4n) is 1.83. The van der Waals surface area contributed by atoms with E-state index < -0.39 is 11.7 Å². The van der Waals surface area contributed by atoms with Crippen molar-refractivity contribution in [3.8, 4) is 5.75 Å². The maximum Gasteiger partial charge on any atom is 1.00 e. The Morgan fingerprint density at radius 2 is 1.89 bits per heavy atom. The fourth-order valence-corrected chi connectivity index (χ4v) is 1.83. The van der Waals surface area contributed by atoms with Crippen molar-refractivity contribution in [1.82, 2.24) is 0 Å². The second-order valence-electron chi connectivity index (χ2n) is 4.30. The van der Waals surface area contributed by atoms with Crippen LogP contribution in [0.15, 0.2) is 18.2 Å². The largest absolute Gasteiger partial charge is 1.00 e. The molecule has 0 atom stereocenters. The van der Waals surface area contributed by atoms with E-state index in [9.17, 15) is 9.90 Å². The molecule has 1 rings (SSSR count). The first-order valence-corrected chi connectivity index (χ1v) is 6.18. The van der Waals surface area contributed by atoms with Gasteiger partial charge in [-0.2, -0.15) is 0 Å². The van der Waals surface area contributed by atoms with Gasteiger partial charge >= 0.3 is 35.5 Å². The Bertz CT molecular complexity index is 377. The van der Waals surface area contributed by atoms with Crippen LogP contribution in [0.4, 0.5) is 0 Å². The first-order chi connectivity index (χ1) is 8.15. The van der Waals surface area contributed by atoms with Gasteiger partial charge in [-0.05, 0) is 24.5 Å². The van der Waals surface area contributed by atoms with Crippen molar-refractivity contribution in [3.63, 3.8) is 0 Å². The predicted molar refractivity (Wildman–Crippen MR) is 65.3 cm³/mol. The number of benzene rings is 1. The Morgan fingerprint density at radius 3 is 2.50 bits per heavy atom. The van der Waals surface area contributed by atoms with Crippen molar-refractivity contribution >= 4 is 5.97 Å². The van der Waals surface area contributed by atoms with Crippen molar-refractivity contribution < 1.29 is 44.6 Å². The van der Waals surface area contributed by atoms with E-state index in [1.54, 1.807) is 6.07 Å². The molecule has 0 saturated carbocycles. The molecule has 0 aliphatic carbocycles. The summed E-state index contributed by atoms with van der Waals surface area (Å²) >= 11 is 0. The van der Waals surface area contributed by atoms with Gasteiger partial charge in [0.2, 0.25) is 0 Å². The molecule has 0 spiro atoms. The molecule has 0 saturated heterocycles. The molecule has 0 fully saturated rings. The smallest absolute Gasteiger partial charge is 0.872 e. The van der Waals surface area contributed by atoms with E-state index in [0.717, 1.165) is 24.8 Å². The van der Waals surface area contributed by atoms with Crippen LogP contribution in [0.2, 0.25) is 0 Å². The van der Waals surface area contributed by atoms with Crippen LogP contribution in [0, 0.1) is 0 Å². The number of rotatable bonds is 7. The molecule has 94 valence electrons. The number of aromatic carboxylic acids is 1. The Kier molecular flexibility index (Phi) is 9.16. The van der Waals surface area contributed by atoms with Crippen LogP contribution >= 0.6 is 0 Å². The van der Waals surface area contributed by atoms with E-state index in [0.29, 0.717) is 0 Å². The molecule has 3 nitrogen and oxygen atoms in total. The zero-order valence-corrected chi connectivity index (χ0v) is 13.2. The second-order valence-corrected chi connectivity index (χ2v) is 4.30. The molecule has 0 aromatic heterocycles. The first-order valence-electron chi connectivity index (χ1n) is 6.18. The Hall–Kier alpha value is -0.510. The molecular weight excluding hydrogens is 239 g/mol. The van der Waals surface area contributed by atoms with Crippen LogP contribution in [-0.2, 0) is 6.42 Å². The molecule has 0 radical (unpaired) electrons. The number of carboxylic acids is 1. The fraction of sp³-hybridized carbons (Fsp3) is 0.500. The maximum atomic E-state index is 11.2. The SMILES string of the molecule is CCCCCCCc1ccc([O-])c(C(=O)O)c1.[Na+]. The average molecular weight is 258 g/mol. The Labute approximate surface area is 131 Å². The minimum Gasteiger partial charge on any atom is -0.872 e. The van der Waals surface area contributed by atoms with Crippen LogP contribution < -0.4 is 34.7 Å². The summed E-state index contributed by atoms with van der Waals surface area (Å²) < 4.78 is 0. The topological polar surface area (TPSA) is 60.4 Å². The van der Waals surface area contributed by atoms with Gasteiger partial charge in [-0.1, -0.05) is 50.5 Å². The number of hydrogen-bond acceptors (Lipinski definition) is 2. The van der Waals surface area contributed by atoms with Crippen molar-refractivity contribution in [1.29, 1.82) is 0 Å². The molecule has 0 bridgehead atoms. The van der Waals surface area contributed by atoms with E-state index in [1.165, 1.54) is 31.4 Å². The number of unbranched alkanes of at least 4 members (excludes halogenated alkanes) is 4. The van der Waals surface area contributed by atoms with Gasteiger partial charge in [-0.15, -0.1) is 0 Å². The molecule has 0 unspecified atom stereocenters. The van der Waals surface area contributed by atoms with Gasteiger partial charge in [0.15, 0.2) is 0 Å². The van der Waals surface area contributed by atoms with Crippen LogP contribution in [0.1, 0.15) is 54.9 Å². The van der Waals surface area contributed by atoms with Gasteiger partial charge < -0.3 is 10.2 Å². The van der Waals surface area contributed by atoms with Gasteiger partial charge in [-0.25, -0.2) is 4.79 Å². The summed E-state index contributed by atoms with van der Waals surface area (Å²) in [4.78, 5) is 10.8. The predicted octanol–water partition coefficient (Wildman–Crippen LogP) is -0.0247. The summed E-state index contributed by atoms with van der Waals surface area (Å²) in [5, 5.41) is 20.1. The van der Waals surface area contributed by atoms with E-state index in [1.807, 2.05) is 0 Å². The minimum absolute atomic E-state index is 0. The minimum atomic E-state index is -1.14. The van der Waals surface area contributed by atoms with Gasteiger partial charge in [0.1, 0.15) is 0 Å². The molecule has 0 aliphatic rings. The second kappa shape index (κ2) is 9.42. The zero-order chi connectivity index (χ0) is 12.7. The van der Waals surface area contributed by atoms with Crippen LogP contribution in [-0.4, -0.2) is 11.1 Å². The first kappa shape index (κ1) is 17.5. The van der Waals surface area contributed by atoms with Crippen LogP contribution in [0.25, 0.3) is 0 Å². The van der Waals surface area contributed by atoms with E-state index in [2.05, 4.69) is 6.92 Å². The molecule has 1 N–H and O–H groups in total. The summed E-state index contributed by atoms with van der Waals surface area (Å²) in [6, 6.07) is 4.59. The van der Waals surface area contributed by atoms with E-state index in [4.69, 9.17) is 5.11 Å².